The van der Waals surface area contributed by atoms with Gasteiger partial charge in [0.1, 0.15) is 5.82 Å². The molecule has 0 radical (unpaired) electrons. The minimum Gasteiger partial charge on any atom is -0.493 e. The fourth-order valence-corrected chi connectivity index (χ4v) is 4.44. The van der Waals surface area contributed by atoms with Crippen molar-refractivity contribution in [3.63, 3.8) is 0 Å². The Kier molecular flexibility index (Phi) is 6.55. The summed E-state index contributed by atoms with van der Waals surface area (Å²) in [5, 5.41) is 6.31. The number of nitrogens with one attached hydrogen (secondary N) is 2. The van der Waals surface area contributed by atoms with Crippen LogP contribution in [-0.4, -0.2) is 25.5 Å². The third-order valence-electron chi connectivity index (χ3n) is 4.94. The number of benzene rings is 3. The van der Waals surface area contributed by atoms with Gasteiger partial charge in [0.2, 0.25) is 0 Å². The van der Waals surface area contributed by atoms with Gasteiger partial charge in [-0.1, -0.05) is 18.2 Å². The summed E-state index contributed by atoms with van der Waals surface area (Å²) in [6.07, 6.45) is 0. The lowest BCUT2D eigenvalue weighted by Gasteiger charge is -2.11. The topological polar surface area (TPSA) is 76.7 Å². The zero-order valence-electron chi connectivity index (χ0n) is 18.0. The molecule has 2 amide bonds. The molecule has 0 fully saturated rings. The minimum absolute atomic E-state index is 0.200. The second-order valence-corrected chi connectivity index (χ2v) is 8.27. The van der Waals surface area contributed by atoms with Crippen LogP contribution in [0, 0.1) is 12.7 Å². The zero-order chi connectivity index (χ0) is 23.4. The van der Waals surface area contributed by atoms with Crippen molar-refractivity contribution >= 4 is 44.6 Å². The number of hydrogen-bond donors (Lipinski definition) is 2. The lowest BCUT2D eigenvalue weighted by molar-refractivity contribution is -0.118. The number of hydrogen-bond acceptors (Lipinski definition) is 5. The highest BCUT2D eigenvalue weighted by Gasteiger charge is 2.16. The Bertz CT molecular complexity index is 1340. The molecule has 0 atom stereocenters. The van der Waals surface area contributed by atoms with Gasteiger partial charge in [0.25, 0.3) is 11.8 Å². The van der Waals surface area contributed by atoms with E-state index in [4.69, 9.17) is 9.47 Å². The second kappa shape index (κ2) is 9.70. The van der Waals surface area contributed by atoms with Crippen LogP contribution in [0.25, 0.3) is 10.1 Å². The van der Waals surface area contributed by atoms with Gasteiger partial charge in [0, 0.05) is 16.1 Å². The number of anilines is 2. The third kappa shape index (κ3) is 5.12. The van der Waals surface area contributed by atoms with Crippen LogP contribution in [0.4, 0.5) is 15.8 Å². The molecule has 6 nitrogen and oxygen atoms in total. The third-order valence-corrected chi connectivity index (χ3v) is 6.21. The van der Waals surface area contributed by atoms with E-state index < -0.39 is 0 Å². The van der Waals surface area contributed by atoms with Crippen LogP contribution in [0.15, 0.2) is 66.7 Å². The Balaban J connectivity index is 1.41. The lowest BCUT2D eigenvalue weighted by Crippen LogP contribution is -2.20. The van der Waals surface area contributed by atoms with Crippen LogP contribution in [0.3, 0.4) is 0 Å². The highest BCUT2D eigenvalue weighted by Crippen LogP contribution is 2.32. The van der Waals surface area contributed by atoms with E-state index >= 15 is 0 Å². The predicted octanol–water partition coefficient (Wildman–Crippen LogP) is 5.63. The van der Waals surface area contributed by atoms with Gasteiger partial charge in [-0.25, -0.2) is 4.39 Å². The summed E-state index contributed by atoms with van der Waals surface area (Å²) >= 11 is 1.31. The highest BCUT2D eigenvalue weighted by molar-refractivity contribution is 7.21. The molecule has 1 heterocycles. The summed E-state index contributed by atoms with van der Waals surface area (Å²) in [5.41, 5.74) is 1.76. The van der Waals surface area contributed by atoms with E-state index in [-0.39, 0.29) is 24.2 Å². The van der Waals surface area contributed by atoms with Crippen molar-refractivity contribution in [2.45, 2.75) is 6.92 Å². The van der Waals surface area contributed by atoms with Crippen LogP contribution in [0.5, 0.6) is 11.5 Å². The number of aryl methyl sites for hydroxylation is 1. The number of amides is 2. The fraction of sp³-hybridized carbons (Fsp3) is 0.120. The molecule has 0 aliphatic rings. The van der Waals surface area contributed by atoms with Crippen molar-refractivity contribution < 1.29 is 23.5 Å². The first-order valence-electron chi connectivity index (χ1n) is 10.1. The molecular weight excluding hydrogens is 443 g/mol. The molecule has 8 heteroatoms. The number of carbonyl (C=O) groups excluding carboxylic acids is 2. The van der Waals surface area contributed by atoms with Crippen molar-refractivity contribution in [3.8, 4) is 11.5 Å². The molecular formula is C25H21FN2O4S. The first kappa shape index (κ1) is 22.3. The van der Waals surface area contributed by atoms with Crippen molar-refractivity contribution in [1.29, 1.82) is 0 Å². The van der Waals surface area contributed by atoms with E-state index in [1.807, 2.05) is 6.07 Å². The largest absolute Gasteiger partial charge is 0.493 e. The van der Waals surface area contributed by atoms with Gasteiger partial charge in [-0.05, 0) is 66.4 Å². The van der Waals surface area contributed by atoms with Crippen LogP contribution >= 0.6 is 11.3 Å². The number of carbonyl (C=O) groups is 2. The fourth-order valence-electron chi connectivity index (χ4n) is 3.35. The van der Waals surface area contributed by atoms with Gasteiger partial charge in [-0.3, -0.25) is 9.59 Å². The first-order valence-corrected chi connectivity index (χ1v) is 10.9. The summed E-state index contributed by atoms with van der Waals surface area (Å²) in [5.74, 6) is 0.0152. The Hall–Kier alpha value is -3.91. The Labute approximate surface area is 194 Å². The van der Waals surface area contributed by atoms with E-state index in [2.05, 4.69) is 10.6 Å². The molecule has 0 aliphatic heterocycles. The molecule has 3 aromatic carbocycles. The van der Waals surface area contributed by atoms with Gasteiger partial charge < -0.3 is 20.1 Å². The van der Waals surface area contributed by atoms with Crippen LogP contribution in [0.2, 0.25) is 0 Å². The molecule has 4 rings (SSSR count). The first-order chi connectivity index (χ1) is 15.9. The molecule has 0 spiro atoms. The standard InChI is InChI=1S/C25H21FN2O4S/c1-15-19-12-16(26)10-11-22(19)33-24(15)25(30)28-18-7-5-6-17(13-18)27-23(29)14-32-21-9-4-3-8-20(21)31-2/h3-13H,14H2,1-2H3,(H,27,29)(H,28,30). The normalized spacial score (nSPS) is 10.6. The van der Waals surface area contributed by atoms with Gasteiger partial charge >= 0.3 is 0 Å². The molecule has 0 saturated carbocycles. The summed E-state index contributed by atoms with van der Waals surface area (Å²) < 4.78 is 25.1. The van der Waals surface area contributed by atoms with Crippen molar-refractivity contribution in [1.82, 2.24) is 0 Å². The maximum atomic E-state index is 13.6. The number of fused-ring (bicyclic) bond motifs is 1. The van der Waals surface area contributed by atoms with Crippen LogP contribution in [0.1, 0.15) is 15.2 Å². The van der Waals surface area contributed by atoms with Crippen molar-refractivity contribution in [2.24, 2.45) is 0 Å². The van der Waals surface area contributed by atoms with Gasteiger partial charge in [-0.15, -0.1) is 11.3 Å². The van der Waals surface area contributed by atoms with E-state index in [0.717, 1.165) is 15.6 Å². The zero-order valence-corrected chi connectivity index (χ0v) is 18.8. The molecule has 1 aromatic heterocycles. The Morgan fingerprint density at radius 2 is 1.67 bits per heavy atom. The number of para-hydroxylation sites is 2. The summed E-state index contributed by atoms with van der Waals surface area (Å²) in [4.78, 5) is 25.7. The second-order valence-electron chi connectivity index (χ2n) is 7.22. The smallest absolute Gasteiger partial charge is 0.266 e. The quantitative estimate of drug-likeness (QED) is 0.372. The molecule has 33 heavy (non-hydrogen) atoms. The van der Waals surface area contributed by atoms with E-state index in [9.17, 15) is 14.0 Å². The van der Waals surface area contributed by atoms with E-state index in [0.29, 0.717) is 27.8 Å². The Morgan fingerprint density at radius 3 is 2.42 bits per heavy atom. The van der Waals surface area contributed by atoms with E-state index in [1.165, 1.54) is 30.6 Å². The minimum atomic E-state index is -0.355. The number of thiophene rings is 1. The maximum absolute atomic E-state index is 13.6. The Morgan fingerprint density at radius 1 is 0.939 bits per heavy atom. The van der Waals surface area contributed by atoms with Crippen LogP contribution < -0.4 is 20.1 Å². The molecule has 0 saturated heterocycles. The lowest BCUT2D eigenvalue weighted by atomic mass is 10.1. The van der Waals surface area contributed by atoms with Crippen LogP contribution in [-0.2, 0) is 4.79 Å². The van der Waals surface area contributed by atoms with Gasteiger partial charge in [-0.2, -0.15) is 0 Å². The maximum Gasteiger partial charge on any atom is 0.266 e. The molecule has 0 bridgehead atoms. The SMILES string of the molecule is COc1ccccc1OCC(=O)Nc1cccc(NC(=O)c2sc3ccc(F)cc3c2C)c1. The summed E-state index contributed by atoms with van der Waals surface area (Å²) in [6, 6.07) is 18.3. The summed E-state index contributed by atoms with van der Waals surface area (Å²) in [7, 11) is 1.53. The number of rotatable bonds is 7. The van der Waals surface area contributed by atoms with Crippen molar-refractivity contribution in [3.05, 3.63) is 83.0 Å². The van der Waals surface area contributed by atoms with Gasteiger partial charge in [0.15, 0.2) is 18.1 Å². The molecule has 2 N–H and O–H groups in total. The van der Waals surface area contributed by atoms with Crippen molar-refractivity contribution in [2.75, 3.05) is 24.4 Å². The molecule has 4 aromatic rings. The molecule has 0 unspecified atom stereocenters. The monoisotopic (exact) mass is 464 g/mol. The summed E-state index contributed by atoms with van der Waals surface area (Å²) in [6.45, 7) is 1.60. The highest BCUT2D eigenvalue weighted by atomic mass is 32.1. The predicted molar refractivity (Wildman–Crippen MR) is 128 cm³/mol. The average molecular weight is 465 g/mol. The molecule has 0 aliphatic carbocycles. The van der Waals surface area contributed by atoms with E-state index in [1.54, 1.807) is 55.5 Å². The average Bonchev–Trinajstić information content (AvgIpc) is 3.14. The number of ether oxygens (including phenoxy) is 2. The van der Waals surface area contributed by atoms with Gasteiger partial charge in [0.05, 0.1) is 12.0 Å². The number of halogens is 1. The molecule has 168 valence electrons. The number of methoxy groups -OCH3 is 1.